The Morgan fingerprint density at radius 2 is 1.89 bits per heavy atom. The first-order valence-corrected chi connectivity index (χ1v) is 9.75. The van der Waals surface area contributed by atoms with E-state index in [1.165, 1.54) is 0 Å². The topological polar surface area (TPSA) is 69.8 Å². The zero-order valence-electron chi connectivity index (χ0n) is 16.0. The van der Waals surface area contributed by atoms with Crippen molar-refractivity contribution in [3.63, 3.8) is 0 Å². The fourth-order valence-corrected chi connectivity index (χ4v) is 4.59. The molecule has 1 aromatic heterocycles. The lowest BCUT2D eigenvalue weighted by Crippen LogP contribution is -2.61. The molecular weight excluding hydrogens is 342 g/mol. The quantitative estimate of drug-likeness (QED) is 0.900. The molecular formula is C21H27N3O3. The van der Waals surface area contributed by atoms with Gasteiger partial charge in [0.05, 0.1) is 11.7 Å². The number of amides is 1. The van der Waals surface area contributed by atoms with Gasteiger partial charge in [-0.15, -0.1) is 0 Å². The average molecular weight is 369 g/mol. The fraction of sp³-hybridized carbons (Fsp3) is 0.524. The second-order valence-corrected chi connectivity index (χ2v) is 7.75. The van der Waals surface area contributed by atoms with Crippen LogP contribution in [0.3, 0.4) is 0 Å². The van der Waals surface area contributed by atoms with Crippen LogP contribution in [0.4, 0.5) is 0 Å². The minimum Gasteiger partial charge on any atom is -0.383 e. The summed E-state index contributed by atoms with van der Waals surface area (Å²) in [6.45, 7) is 6.52. The minimum atomic E-state index is -0.943. The Kier molecular flexibility index (Phi) is 4.78. The Hall–Kier alpha value is -2.18. The molecule has 4 rings (SSSR count). The highest BCUT2D eigenvalue weighted by Gasteiger charge is 2.47. The number of rotatable bonds is 3. The van der Waals surface area contributed by atoms with Gasteiger partial charge < -0.3 is 14.5 Å². The van der Waals surface area contributed by atoms with E-state index in [9.17, 15) is 9.90 Å². The number of nitrogens with zero attached hydrogens (tertiary/aromatic N) is 3. The summed E-state index contributed by atoms with van der Waals surface area (Å²) in [5.74, 6) is 0.504. The lowest BCUT2D eigenvalue weighted by molar-refractivity contribution is -0.0878. The number of benzene rings is 1. The highest BCUT2D eigenvalue weighted by molar-refractivity contribution is 5.96. The van der Waals surface area contributed by atoms with E-state index in [0.717, 1.165) is 31.5 Å². The summed E-state index contributed by atoms with van der Waals surface area (Å²) < 4.78 is 5.19. The van der Waals surface area contributed by atoms with Crippen LogP contribution in [0, 0.1) is 13.8 Å². The number of piperidine rings is 1. The van der Waals surface area contributed by atoms with Crippen LogP contribution in [0.2, 0.25) is 0 Å². The van der Waals surface area contributed by atoms with E-state index in [4.69, 9.17) is 4.52 Å². The lowest BCUT2D eigenvalue weighted by atomic mass is 9.79. The van der Waals surface area contributed by atoms with Crippen molar-refractivity contribution in [2.45, 2.75) is 44.8 Å². The summed E-state index contributed by atoms with van der Waals surface area (Å²) >= 11 is 0. The van der Waals surface area contributed by atoms with Crippen LogP contribution in [0.25, 0.3) is 0 Å². The zero-order valence-corrected chi connectivity index (χ0v) is 16.0. The third kappa shape index (κ3) is 3.17. The molecule has 0 spiro atoms. The minimum absolute atomic E-state index is 0.0504. The van der Waals surface area contributed by atoms with Gasteiger partial charge in [0.1, 0.15) is 16.9 Å². The van der Waals surface area contributed by atoms with E-state index in [1.807, 2.05) is 35.2 Å². The Balaban J connectivity index is 1.64. The number of carbonyl (C=O) groups excluding carboxylic acids is 1. The van der Waals surface area contributed by atoms with Gasteiger partial charge in [-0.05, 0) is 51.8 Å². The Labute approximate surface area is 159 Å². The number of aryl methyl sites for hydroxylation is 2. The van der Waals surface area contributed by atoms with Crippen molar-refractivity contribution in [2.24, 2.45) is 0 Å². The smallest absolute Gasteiger partial charge is 0.259 e. The molecule has 144 valence electrons. The van der Waals surface area contributed by atoms with E-state index in [-0.39, 0.29) is 11.9 Å². The van der Waals surface area contributed by atoms with Crippen LogP contribution in [0.1, 0.15) is 46.6 Å². The summed E-state index contributed by atoms with van der Waals surface area (Å²) in [6, 6.07) is 9.78. The van der Waals surface area contributed by atoms with E-state index < -0.39 is 5.60 Å². The number of hydrogen-bond donors (Lipinski definition) is 1. The third-order valence-corrected chi connectivity index (χ3v) is 6.10. The van der Waals surface area contributed by atoms with Gasteiger partial charge in [-0.1, -0.05) is 35.5 Å². The van der Waals surface area contributed by atoms with Crippen molar-refractivity contribution >= 4 is 5.91 Å². The maximum Gasteiger partial charge on any atom is 0.259 e. The molecule has 1 N–H and O–H groups in total. The molecule has 3 heterocycles. The van der Waals surface area contributed by atoms with Gasteiger partial charge in [-0.25, -0.2) is 0 Å². The van der Waals surface area contributed by atoms with Gasteiger partial charge in [-0.3, -0.25) is 9.69 Å². The molecule has 6 heteroatoms. The molecule has 27 heavy (non-hydrogen) atoms. The molecule has 2 aromatic rings. The van der Waals surface area contributed by atoms with Crippen LogP contribution < -0.4 is 0 Å². The Morgan fingerprint density at radius 1 is 1.19 bits per heavy atom. The van der Waals surface area contributed by atoms with Crippen molar-refractivity contribution in [1.29, 1.82) is 0 Å². The van der Waals surface area contributed by atoms with Crippen molar-refractivity contribution in [1.82, 2.24) is 15.0 Å². The summed E-state index contributed by atoms with van der Waals surface area (Å²) in [5, 5.41) is 15.6. The van der Waals surface area contributed by atoms with Crippen LogP contribution in [0.5, 0.6) is 0 Å². The number of hydrogen-bond acceptors (Lipinski definition) is 5. The molecule has 1 aromatic carbocycles. The fourth-order valence-electron chi connectivity index (χ4n) is 4.59. The first kappa shape index (κ1) is 18.2. The first-order chi connectivity index (χ1) is 13.0. The largest absolute Gasteiger partial charge is 0.383 e. The van der Waals surface area contributed by atoms with Gasteiger partial charge >= 0.3 is 0 Å². The average Bonchev–Trinajstić information content (AvgIpc) is 3.32. The van der Waals surface area contributed by atoms with Crippen molar-refractivity contribution in [2.75, 3.05) is 26.2 Å². The predicted molar refractivity (Wildman–Crippen MR) is 101 cm³/mol. The second-order valence-electron chi connectivity index (χ2n) is 7.75. The van der Waals surface area contributed by atoms with Crippen LogP contribution in [0.15, 0.2) is 34.9 Å². The van der Waals surface area contributed by atoms with Crippen molar-refractivity contribution < 1.29 is 14.4 Å². The summed E-state index contributed by atoms with van der Waals surface area (Å²) in [4.78, 5) is 17.3. The Morgan fingerprint density at radius 3 is 2.52 bits per heavy atom. The highest BCUT2D eigenvalue weighted by atomic mass is 16.5. The SMILES string of the molecule is Cc1noc(C)c1C(=O)N1CC[C@](O)(c2ccccc2)[C@H](N2CCCC2)C1. The second kappa shape index (κ2) is 7.09. The zero-order chi connectivity index (χ0) is 19.0. The molecule has 0 saturated carbocycles. The molecule has 0 bridgehead atoms. The van der Waals surface area contributed by atoms with E-state index in [1.54, 1.807) is 13.8 Å². The molecule has 0 aliphatic carbocycles. The predicted octanol–water partition coefficient (Wildman–Crippen LogP) is 2.49. The summed E-state index contributed by atoms with van der Waals surface area (Å²) in [7, 11) is 0. The van der Waals surface area contributed by atoms with Gasteiger partial charge in [0.25, 0.3) is 5.91 Å². The molecule has 0 unspecified atom stereocenters. The molecule has 1 amide bonds. The van der Waals surface area contributed by atoms with Crippen molar-refractivity contribution in [3.8, 4) is 0 Å². The molecule has 2 aliphatic heterocycles. The summed E-state index contributed by atoms with van der Waals surface area (Å²) in [5.41, 5.74) is 1.17. The van der Waals surface area contributed by atoms with Gasteiger partial charge in [0, 0.05) is 13.1 Å². The van der Waals surface area contributed by atoms with Crippen LogP contribution >= 0.6 is 0 Å². The first-order valence-electron chi connectivity index (χ1n) is 9.75. The van der Waals surface area contributed by atoms with Gasteiger partial charge in [0.2, 0.25) is 0 Å². The molecule has 0 radical (unpaired) electrons. The number of aromatic nitrogens is 1. The van der Waals surface area contributed by atoms with Crippen LogP contribution in [-0.4, -0.2) is 58.2 Å². The van der Waals surface area contributed by atoms with E-state index in [0.29, 0.717) is 36.5 Å². The van der Waals surface area contributed by atoms with E-state index in [2.05, 4.69) is 10.1 Å². The van der Waals surface area contributed by atoms with Crippen LogP contribution in [-0.2, 0) is 5.60 Å². The Bertz CT molecular complexity index is 794. The molecule has 2 fully saturated rings. The van der Waals surface area contributed by atoms with Crippen molar-refractivity contribution in [3.05, 3.63) is 52.9 Å². The summed E-state index contributed by atoms with van der Waals surface area (Å²) in [6.07, 6.45) is 2.80. The highest BCUT2D eigenvalue weighted by Crippen LogP contribution is 2.38. The molecule has 6 nitrogen and oxygen atoms in total. The number of carbonyl (C=O) groups is 1. The number of likely N-dealkylation sites (tertiary alicyclic amines) is 2. The molecule has 2 aliphatic rings. The lowest BCUT2D eigenvalue weighted by Gasteiger charge is -2.48. The molecule has 2 atom stereocenters. The van der Waals surface area contributed by atoms with Gasteiger partial charge in [-0.2, -0.15) is 0 Å². The number of aliphatic hydroxyl groups is 1. The third-order valence-electron chi connectivity index (χ3n) is 6.10. The van der Waals surface area contributed by atoms with Gasteiger partial charge in [0.15, 0.2) is 0 Å². The maximum atomic E-state index is 13.1. The standard InChI is InChI=1S/C21H27N3O3/c1-15-19(16(2)27-22-15)20(25)24-13-10-21(26,17-8-4-3-5-9-17)18(14-24)23-11-6-7-12-23/h3-5,8-9,18,26H,6-7,10-14H2,1-2H3/t18-,21+/m1/s1. The molecule has 2 saturated heterocycles. The monoisotopic (exact) mass is 369 g/mol. The maximum absolute atomic E-state index is 13.1. The van der Waals surface area contributed by atoms with E-state index >= 15 is 0 Å². The normalized spacial score (nSPS) is 26.5.